The van der Waals surface area contributed by atoms with E-state index in [9.17, 15) is 14.0 Å². The van der Waals surface area contributed by atoms with Crippen LogP contribution in [0.25, 0.3) is 5.57 Å². The lowest BCUT2D eigenvalue weighted by Gasteiger charge is -2.13. The van der Waals surface area contributed by atoms with Crippen LogP contribution in [0.2, 0.25) is 0 Å². The lowest BCUT2D eigenvalue weighted by Crippen LogP contribution is -2.23. The number of aromatic amines is 1. The molecule has 1 aromatic heterocycles. The number of aromatic nitrogens is 1. The van der Waals surface area contributed by atoms with E-state index in [-0.39, 0.29) is 23.3 Å². The van der Waals surface area contributed by atoms with E-state index in [1.807, 2.05) is 30.5 Å². The van der Waals surface area contributed by atoms with E-state index >= 15 is 0 Å². The van der Waals surface area contributed by atoms with E-state index in [2.05, 4.69) is 10.3 Å². The standard InChI is InChI=1S/C21H21FN2O2S/c1-27-19-8-4-13(10-17(19)22)16(11-14-5-9-20(25)23-14)18-7-6-15(12-2-3-12)21(26)24-18/h4,6-8,10-12,14H,2-3,5,9H2,1H3,(H,23,25)(H,24,26)/t14-/m1/s1. The second kappa shape index (κ2) is 7.35. The molecule has 1 saturated heterocycles. The molecule has 1 aliphatic carbocycles. The van der Waals surface area contributed by atoms with Crippen LogP contribution in [-0.2, 0) is 4.79 Å². The third-order valence-corrected chi connectivity index (χ3v) is 5.88. The van der Waals surface area contributed by atoms with Gasteiger partial charge in [0.05, 0.1) is 0 Å². The lowest BCUT2D eigenvalue weighted by atomic mass is 9.98. The normalized spacial score (nSPS) is 20.0. The summed E-state index contributed by atoms with van der Waals surface area (Å²) in [6.07, 6.45) is 7.03. The van der Waals surface area contributed by atoms with E-state index < -0.39 is 0 Å². The van der Waals surface area contributed by atoms with Crippen molar-refractivity contribution >= 4 is 23.2 Å². The highest BCUT2D eigenvalue weighted by Crippen LogP contribution is 2.38. The van der Waals surface area contributed by atoms with Crippen molar-refractivity contribution in [2.24, 2.45) is 0 Å². The number of H-pyrrole nitrogens is 1. The lowest BCUT2D eigenvalue weighted by molar-refractivity contribution is -0.119. The quantitative estimate of drug-likeness (QED) is 0.771. The molecule has 2 N–H and O–H groups in total. The van der Waals surface area contributed by atoms with Gasteiger partial charge in [-0.05, 0) is 55.2 Å². The number of hydrogen-bond acceptors (Lipinski definition) is 3. The molecular formula is C21H21FN2O2S. The Labute approximate surface area is 161 Å². The number of pyridine rings is 1. The molecule has 0 spiro atoms. The largest absolute Gasteiger partial charge is 0.350 e. The van der Waals surface area contributed by atoms with Crippen molar-refractivity contribution in [2.45, 2.75) is 42.5 Å². The Morgan fingerprint density at radius 3 is 2.59 bits per heavy atom. The first-order valence-corrected chi connectivity index (χ1v) is 10.4. The van der Waals surface area contributed by atoms with E-state index in [1.54, 1.807) is 6.07 Å². The van der Waals surface area contributed by atoms with Crippen molar-refractivity contribution in [1.82, 2.24) is 10.3 Å². The van der Waals surface area contributed by atoms with Crippen molar-refractivity contribution in [3.05, 3.63) is 69.4 Å². The SMILES string of the molecule is CSc1ccc(C(=C[C@H]2CCC(=O)N2)c2ccc(C3CC3)c(=O)[nH]2)cc1F. The average molecular weight is 384 g/mol. The van der Waals surface area contributed by atoms with Crippen molar-refractivity contribution in [3.8, 4) is 0 Å². The summed E-state index contributed by atoms with van der Waals surface area (Å²) in [6, 6.07) is 8.72. The van der Waals surface area contributed by atoms with Crippen LogP contribution in [0.1, 0.15) is 48.4 Å². The molecule has 6 heteroatoms. The number of thioether (sulfide) groups is 1. The molecule has 140 valence electrons. The van der Waals surface area contributed by atoms with Gasteiger partial charge < -0.3 is 10.3 Å². The summed E-state index contributed by atoms with van der Waals surface area (Å²) in [7, 11) is 0. The summed E-state index contributed by atoms with van der Waals surface area (Å²) >= 11 is 1.35. The molecule has 1 aliphatic heterocycles. The van der Waals surface area contributed by atoms with Crippen LogP contribution < -0.4 is 10.9 Å². The van der Waals surface area contributed by atoms with Crippen LogP contribution >= 0.6 is 11.8 Å². The molecule has 2 heterocycles. The minimum Gasteiger partial charge on any atom is -0.350 e. The predicted molar refractivity (Wildman–Crippen MR) is 105 cm³/mol. The highest BCUT2D eigenvalue weighted by Gasteiger charge is 2.26. The van der Waals surface area contributed by atoms with Crippen molar-refractivity contribution < 1.29 is 9.18 Å². The van der Waals surface area contributed by atoms with E-state index in [0.29, 0.717) is 34.9 Å². The smallest absolute Gasteiger partial charge is 0.251 e. The average Bonchev–Trinajstić information content (AvgIpc) is 3.41. The van der Waals surface area contributed by atoms with Gasteiger partial charge in [0.15, 0.2) is 0 Å². The van der Waals surface area contributed by atoms with Gasteiger partial charge in [-0.2, -0.15) is 0 Å². The maximum atomic E-state index is 14.4. The molecule has 1 aromatic carbocycles. The number of nitrogens with one attached hydrogen (secondary N) is 2. The third kappa shape index (κ3) is 3.86. The molecule has 27 heavy (non-hydrogen) atoms. The summed E-state index contributed by atoms with van der Waals surface area (Å²) < 4.78 is 14.4. The molecule has 1 saturated carbocycles. The molecule has 1 atom stereocenters. The van der Waals surface area contributed by atoms with E-state index in [1.165, 1.54) is 17.8 Å². The summed E-state index contributed by atoms with van der Waals surface area (Å²) in [6.45, 7) is 0. The molecule has 2 fully saturated rings. The number of hydrogen-bond donors (Lipinski definition) is 2. The Morgan fingerprint density at radius 2 is 2.00 bits per heavy atom. The van der Waals surface area contributed by atoms with Gasteiger partial charge in [-0.15, -0.1) is 11.8 Å². The summed E-state index contributed by atoms with van der Waals surface area (Å²) in [5.74, 6) is 0.0815. The number of carbonyl (C=O) groups is 1. The minimum atomic E-state index is -0.293. The number of carbonyl (C=O) groups excluding carboxylic acids is 1. The number of amides is 1. The topological polar surface area (TPSA) is 62.0 Å². The summed E-state index contributed by atoms with van der Waals surface area (Å²) in [5, 5.41) is 2.91. The van der Waals surface area contributed by atoms with Crippen LogP contribution in [0.15, 0.2) is 46.1 Å². The van der Waals surface area contributed by atoms with Gasteiger partial charge in [-0.25, -0.2) is 4.39 Å². The minimum absolute atomic E-state index is 0.0112. The van der Waals surface area contributed by atoms with Crippen molar-refractivity contribution in [3.63, 3.8) is 0 Å². The number of rotatable bonds is 5. The second-order valence-electron chi connectivity index (χ2n) is 7.07. The van der Waals surface area contributed by atoms with E-state index in [4.69, 9.17) is 0 Å². The zero-order chi connectivity index (χ0) is 19.0. The predicted octanol–water partition coefficient (Wildman–Crippen LogP) is 3.82. The fourth-order valence-corrected chi connectivity index (χ4v) is 3.96. The Kier molecular flexibility index (Phi) is 4.91. The summed E-state index contributed by atoms with van der Waals surface area (Å²) in [4.78, 5) is 27.6. The first-order chi connectivity index (χ1) is 13.0. The van der Waals surface area contributed by atoms with Crippen LogP contribution in [0, 0.1) is 5.82 Å². The van der Waals surface area contributed by atoms with Gasteiger partial charge in [0, 0.05) is 34.2 Å². The Bertz CT molecular complexity index is 978. The van der Waals surface area contributed by atoms with Gasteiger partial charge in [0.1, 0.15) is 5.82 Å². The highest BCUT2D eigenvalue weighted by molar-refractivity contribution is 7.98. The fourth-order valence-electron chi connectivity index (χ4n) is 3.50. The first-order valence-electron chi connectivity index (χ1n) is 9.14. The van der Waals surface area contributed by atoms with Crippen LogP contribution in [0.3, 0.4) is 0 Å². The molecule has 2 aromatic rings. The van der Waals surface area contributed by atoms with Crippen molar-refractivity contribution in [1.29, 1.82) is 0 Å². The zero-order valence-electron chi connectivity index (χ0n) is 15.0. The molecule has 4 rings (SSSR count). The third-order valence-electron chi connectivity index (χ3n) is 5.11. The monoisotopic (exact) mass is 384 g/mol. The number of benzene rings is 1. The highest BCUT2D eigenvalue weighted by atomic mass is 32.2. The van der Waals surface area contributed by atoms with E-state index in [0.717, 1.165) is 24.0 Å². The van der Waals surface area contributed by atoms with Gasteiger partial charge in [-0.1, -0.05) is 18.2 Å². The Morgan fingerprint density at radius 1 is 1.19 bits per heavy atom. The van der Waals surface area contributed by atoms with Gasteiger partial charge in [0.25, 0.3) is 5.56 Å². The molecule has 1 amide bonds. The number of halogens is 1. The maximum Gasteiger partial charge on any atom is 0.251 e. The van der Waals surface area contributed by atoms with Gasteiger partial charge in [0.2, 0.25) is 5.91 Å². The Hall–Kier alpha value is -2.34. The zero-order valence-corrected chi connectivity index (χ0v) is 15.9. The second-order valence-corrected chi connectivity index (χ2v) is 7.92. The molecule has 0 bridgehead atoms. The molecule has 4 nitrogen and oxygen atoms in total. The first kappa shape index (κ1) is 18.0. The Balaban J connectivity index is 1.77. The molecule has 0 unspecified atom stereocenters. The van der Waals surface area contributed by atoms with Crippen LogP contribution in [0.4, 0.5) is 4.39 Å². The fraction of sp³-hybridized carbons (Fsp3) is 0.333. The van der Waals surface area contributed by atoms with Gasteiger partial charge in [-0.3, -0.25) is 9.59 Å². The van der Waals surface area contributed by atoms with Crippen LogP contribution in [-0.4, -0.2) is 23.2 Å². The maximum absolute atomic E-state index is 14.4. The van der Waals surface area contributed by atoms with Gasteiger partial charge >= 0.3 is 0 Å². The molecule has 2 aliphatic rings. The molecule has 0 radical (unpaired) electrons. The molecular weight excluding hydrogens is 363 g/mol. The van der Waals surface area contributed by atoms with Crippen molar-refractivity contribution in [2.75, 3.05) is 6.26 Å². The summed E-state index contributed by atoms with van der Waals surface area (Å²) in [5.41, 5.74) is 2.78. The van der Waals surface area contributed by atoms with Crippen LogP contribution in [0.5, 0.6) is 0 Å².